The van der Waals surface area contributed by atoms with Crippen LogP contribution in [0.3, 0.4) is 0 Å². The first-order valence-electron chi connectivity index (χ1n) is 8.17. The highest BCUT2D eigenvalue weighted by Crippen LogP contribution is 2.26. The lowest BCUT2D eigenvalue weighted by atomic mass is 10.2. The number of hydrogen-bond acceptors (Lipinski definition) is 5. The highest BCUT2D eigenvalue weighted by molar-refractivity contribution is 6.04. The van der Waals surface area contributed by atoms with E-state index in [2.05, 4.69) is 25.6 Å². The average molecular weight is 338 g/mol. The minimum atomic E-state index is -0.294. The highest BCUT2D eigenvalue weighted by atomic mass is 16.5. The second kappa shape index (κ2) is 6.48. The molecule has 3 heterocycles. The lowest BCUT2D eigenvalue weighted by Crippen LogP contribution is -2.14. The monoisotopic (exact) mass is 338 g/mol. The fourth-order valence-corrected chi connectivity index (χ4v) is 2.90. The molecule has 1 aromatic carbocycles. The Balaban J connectivity index is 1.51. The van der Waals surface area contributed by atoms with Crippen molar-refractivity contribution in [3.8, 4) is 5.69 Å². The Hall–Kier alpha value is -3.00. The average Bonchev–Trinajstić information content (AvgIpc) is 3.35. The summed E-state index contributed by atoms with van der Waals surface area (Å²) in [7, 11) is 0. The number of rotatable bonds is 4. The van der Waals surface area contributed by atoms with Crippen molar-refractivity contribution in [1.82, 2.24) is 25.0 Å². The largest absolute Gasteiger partial charge is 0.370 e. The number of benzene rings is 1. The number of H-pyrrole nitrogens is 1. The molecule has 128 valence electrons. The van der Waals surface area contributed by atoms with E-state index in [4.69, 9.17) is 4.74 Å². The molecule has 8 heteroatoms. The standard InChI is InChI=1S/C17H18N6O2/c1-11-13(10-18-23(11)12-6-3-2-4-7-12)16(24)20-17-19-15(21-22-17)14-8-5-9-25-14/h2-4,6-7,10,14H,5,8-9H2,1H3,(H2,19,20,21,22,24). The zero-order valence-electron chi connectivity index (χ0n) is 13.8. The predicted molar refractivity (Wildman–Crippen MR) is 90.6 cm³/mol. The van der Waals surface area contributed by atoms with E-state index < -0.39 is 0 Å². The van der Waals surface area contributed by atoms with E-state index in [1.165, 1.54) is 0 Å². The van der Waals surface area contributed by atoms with E-state index in [0.717, 1.165) is 30.8 Å². The normalized spacial score (nSPS) is 16.9. The summed E-state index contributed by atoms with van der Waals surface area (Å²) in [5.74, 6) is 0.587. The van der Waals surface area contributed by atoms with Crippen molar-refractivity contribution in [3.63, 3.8) is 0 Å². The van der Waals surface area contributed by atoms with E-state index >= 15 is 0 Å². The third-order valence-corrected chi connectivity index (χ3v) is 4.22. The number of hydrogen-bond donors (Lipinski definition) is 2. The van der Waals surface area contributed by atoms with Crippen LogP contribution >= 0.6 is 0 Å². The summed E-state index contributed by atoms with van der Waals surface area (Å²) in [4.78, 5) is 16.8. The van der Waals surface area contributed by atoms with Crippen LogP contribution in [-0.2, 0) is 4.74 Å². The predicted octanol–water partition coefficient (Wildman–Crippen LogP) is 2.40. The second-order valence-corrected chi connectivity index (χ2v) is 5.89. The van der Waals surface area contributed by atoms with Gasteiger partial charge in [-0.2, -0.15) is 10.1 Å². The molecule has 0 bridgehead atoms. The van der Waals surface area contributed by atoms with Gasteiger partial charge in [-0.3, -0.25) is 15.2 Å². The van der Waals surface area contributed by atoms with Crippen molar-refractivity contribution in [1.29, 1.82) is 0 Å². The molecule has 2 aromatic heterocycles. The number of carbonyl (C=O) groups excluding carboxylic acids is 1. The molecule has 1 fully saturated rings. The molecular weight excluding hydrogens is 320 g/mol. The molecular formula is C17H18N6O2. The first kappa shape index (κ1) is 15.5. The topological polar surface area (TPSA) is 97.7 Å². The fraction of sp³-hybridized carbons (Fsp3) is 0.294. The molecule has 0 aliphatic carbocycles. The number of para-hydroxylation sites is 1. The van der Waals surface area contributed by atoms with E-state index in [1.54, 1.807) is 10.9 Å². The summed E-state index contributed by atoms with van der Waals surface area (Å²) in [5, 5.41) is 13.9. The summed E-state index contributed by atoms with van der Waals surface area (Å²) in [6, 6.07) is 9.66. The molecule has 1 amide bonds. The van der Waals surface area contributed by atoms with Gasteiger partial charge in [0.05, 0.1) is 23.1 Å². The number of anilines is 1. The van der Waals surface area contributed by atoms with Gasteiger partial charge in [0.25, 0.3) is 5.91 Å². The van der Waals surface area contributed by atoms with Crippen molar-refractivity contribution >= 4 is 11.9 Å². The maximum Gasteiger partial charge on any atom is 0.261 e. The Labute approximate surface area is 144 Å². The smallest absolute Gasteiger partial charge is 0.261 e. The van der Waals surface area contributed by atoms with Crippen molar-refractivity contribution in [2.75, 3.05) is 11.9 Å². The van der Waals surface area contributed by atoms with Crippen LogP contribution in [0.4, 0.5) is 5.95 Å². The van der Waals surface area contributed by atoms with E-state index in [0.29, 0.717) is 11.4 Å². The molecule has 25 heavy (non-hydrogen) atoms. The summed E-state index contributed by atoms with van der Waals surface area (Å²) in [6.45, 7) is 2.58. The molecule has 8 nitrogen and oxygen atoms in total. The molecule has 1 aliphatic heterocycles. The Kier molecular flexibility index (Phi) is 4.02. The van der Waals surface area contributed by atoms with E-state index in [9.17, 15) is 4.79 Å². The number of nitrogens with one attached hydrogen (secondary N) is 2. The van der Waals surface area contributed by atoms with Gasteiger partial charge >= 0.3 is 0 Å². The number of nitrogens with zero attached hydrogens (tertiary/aromatic N) is 4. The van der Waals surface area contributed by atoms with Crippen LogP contribution in [0.25, 0.3) is 5.69 Å². The van der Waals surface area contributed by atoms with Crippen molar-refractivity contribution in [3.05, 3.63) is 53.6 Å². The molecule has 2 N–H and O–H groups in total. The molecule has 1 saturated heterocycles. The van der Waals surface area contributed by atoms with Gasteiger partial charge in [-0.15, -0.1) is 5.10 Å². The molecule has 0 spiro atoms. The van der Waals surface area contributed by atoms with Gasteiger partial charge in [-0.1, -0.05) is 18.2 Å². The molecule has 4 rings (SSSR count). The van der Waals surface area contributed by atoms with Crippen molar-refractivity contribution < 1.29 is 9.53 Å². The van der Waals surface area contributed by atoms with Gasteiger partial charge in [-0.25, -0.2) is 4.68 Å². The van der Waals surface area contributed by atoms with Crippen molar-refractivity contribution in [2.24, 2.45) is 0 Å². The van der Waals surface area contributed by atoms with Gasteiger partial charge in [0.2, 0.25) is 5.95 Å². The lowest BCUT2D eigenvalue weighted by molar-refractivity contribution is 0.102. The highest BCUT2D eigenvalue weighted by Gasteiger charge is 2.22. The number of amides is 1. The van der Waals surface area contributed by atoms with Crippen LogP contribution in [0.5, 0.6) is 0 Å². The number of aromatic nitrogens is 5. The van der Waals surface area contributed by atoms with E-state index in [-0.39, 0.29) is 18.0 Å². The van der Waals surface area contributed by atoms with Gasteiger partial charge < -0.3 is 4.74 Å². The van der Waals surface area contributed by atoms with Gasteiger partial charge in [0.1, 0.15) is 6.10 Å². The first-order chi connectivity index (χ1) is 12.2. The van der Waals surface area contributed by atoms with Crippen molar-refractivity contribution in [2.45, 2.75) is 25.9 Å². The molecule has 1 atom stereocenters. The zero-order chi connectivity index (χ0) is 17.2. The Morgan fingerprint density at radius 1 is 1.36 bits per heavy atom. The molecule has 3 aromatic rings. The number of ether oxygens (including phenoxy) is 1. The van der Waals surface area contributed by atoms with Crippen LogP contribution in [0.2, 0.25) is 0 Å². The Morgan fingerprint density at radius 2 is 2.20 bits per heavy atom. The maximum atomic E-state index is 12.5. The minimum Gasteiger partial charge on any atom is -0.370 e. The quantitative estimate of drug-likeness (QED) is 0.761. The molecule has 0 radical (unpaired) electrons. The SMILES string of the molecule is Cc1c(C(=O)Nc2n[nH]c(C3CCCO3)n2)cnn1-c1ccccc1. The van der Waals surface area contributed by atoms with Crippen LogP contribution in [0, 0.1) is 6.92 Å². The zero-order valence-corrected chi connectivity index (χ0v) is 13.8. The number of aromatic amines is 1. The van der Waals surface area contributed by atoms with Gasteiger partial charge in [-0.05, 0) is 31.9 Å². The van der Waals surface area contributed by atoms with Crippen LogP contribution in [0.15, 0.2) is 36.5 Å². The second-order valence-electron chi connectivity index (χ2n) is 5.89. The molecule has 0 saturated carbocycles. The minimum absolute atomic E-state index is 0.0688. The molecule has 1 unspecified atom stereocenters. The van der Waals surface area contributed by atoms with Gasteiger partial charge in [0.15, 0.2) is 5.82 Å². The summed E-state index contributed by atoms with van der Waals surface area (Å²) >= 11 is 0. The fourth-order valence-electron chi connectivity index (χ4n) is 2.90. The Morgan fingerprint density at radius 3 is 2.96 bits per heavy atom. The summed E-state index contributed by atoms with van der Waals surface area (Å²) in [5.41, 5.74) is 2.13. The number of carbonyl (C=O) groups is 1. The van der Waals surface area contributed by atoms with Crippen LogP contribution in [-0.4, -0.2) is 37.5 Å². The molecule has 1 aliphatic rings. The van der Waals surface area contributed by atoms with Crippen LogP contribution in [0.1, 0.15) is 40.8 Å². The third kappa shape index (κ3) is 3.03. The summed E-state index contributed by atoms with van der Waals surface area (Å²) in [6.07, 6.45) is 3.39. The lowest BCUT2D eigenvalue weighted by Gasteiger charge is -2.05. The summed E-state index contributed by atoms with van der Waals surface area (Å²) < 4.78 is 7.28. The Bertz CT molecular complexity index is 880. The van der Waals surface area contributed by atoms with Crippen LogP contribution < -0.4 is 5.32 Å². The first-order valence-corrected chi connectivity index (χ1v) is 8.17. The van der Waals surface area contributed by atoms with E-state index in [1.807, 2.05) is 37.3 Å². The van der Waals surface area contributed by atoms with Gasteiger partial charge in [0, 0.05) is 6.61 Å². The maximum absolute atomic E-state index is 12.5. The third-order valence-electron chi connectivity index (χ3n) is 4.22.